The molecule has 0 aliphatic carbocycles. The number of hydrogen-bond donors (Lipinski definition) is 1. The van der Waals surface area contributed by atoms with Gasteiger partial charge in [0.2, 0.25) is 5.95 Å². The lowest BCUT2D eigenvalue weighted by Gasteiger charge is -2.39. The van der Waals surface area contributed by atoms with Crippen LogP contribution in [0.25, 0.3) is 5.70 Å². The Morgan fingerprint density at radius 3 is 2.65 bits per heavy atom. The molecule has 0 fully saturated rings. The maximum atomic E-state index is 15.1. The molecule has 0 saturated carbocycles. The number of aromatic nitrogens is 3. The highest BCUT2D eigenvalue weighted by atomic mass is 35.5. The van der Waals surface area contributed by atoms with Crippen LogP contribution in [0, 0.1) is 5.82 Å². The van der Waals surface area contributed by atoms with Gasteiger partial charge in [-0.25, -0.2) is 9.07 Å². The van der Waals surface area contributed by atoms with E-state index in [1.165, 1.54) is 12.4 Å². The van der Waals surface area contributed by atoms with E-state index in [0.29, 0.717) is 22.3 Å². The maximum Gasteiger partial charge on any atom is 0.226 e. The first-order chi connectivity index (χ1) is 15.2. The van der Waals surface area contributed by atoms with Gasteiger partial charge in [-0.15, -0.1) is 0 Å². The molecule has 0 saturated heterocycles. The number of benzene rings is 3. The summed E-state index contributed by atoms with van der Waals surface area (Å²) in [6.07, 6.45) is 1.02. The van der Waals surface area contributed by atoms with Crippen molar-refractivity contribution in [3.63, 3.8) is 0 Å². The molecule has 3 aromatic carbocycles. The summed E-state index contributed by atoms with van der Waals surface area (Å²) in [5.74, 6) is 0.919. The van der Waals surface area contributed by atoms with Crippen molar-refractivity contribution in [3.05, 3.63) is 112 Å². The third-order valence-electron chi connectivity index (χ3n) is 5.68. The van der Waals surface area contributed by atoms with Crippen LogP contribution in [0.5, 0.6) is 5.75 Å². The smallest absolute Gasteiger partial charge is 0.226 e. The van der Waals surface area contributed by atoms with Crippen molar-refractivity contribution in [1.82, 2.24) is 14.8 Å². The molecule has 1 aromatic heterocycles. The molecule has 31 heavy (non-hydrogen) atoms. The average Bonchev–Trinajstić information content (AvgIpc) is 3.27. The molecule has 1 N–H and O–H groups in total. The van der Waals surface area contributed by atoms with E-state index < -0.39 is 12.1 Å². The second-order valence-electron chi connectivity index (χ2n) is 7.46. The highest BCUT2D eigenvalue weighted by Gasteiger charge is 2.41. The molecule has 2 atom stereocenters. The molecule has 0 radical (unpaired) electrons. The molecule has 3 heterocycles. The zero-order valence-electron chi connectivity index (χ0n) is 16.2. The van der Waals surface area contributed by atoms with Crippen LogP contribution in [-0.4, -0.2) is 14.8 Å². The Labute approximate surface area is 182 Å². The molecular weight excluding hydrogens is 415 g/mol. The van der Waals surface area contributed by atoms with Crippen LogP contribution in [0.3, 0.4) is 0 Å². The molecule has 2 aliphatic heterocycles. The third-order valence-corrected chi connectivity index (χ3v) is 5.91. The van der Waals surface area contributed by atoms with Gasteiger partial charge in [-0.05, 0) is 29.8 Å². The number of rotatable bonds is 2. The summed E-state index contributed by atoms with van der Waals surface area (Å²) in [6, 6.07) is 21.6. The lowest BCUT2D eigenvalue weighted by molar-refractivity contribution is 0.222. The van der Waals surface area contributed by atoms with Crippen molar-refractivity contribution < 1.29 is 9.13 Å². The average molecular weight is 431 g/mol. The molecule has 6 rings (SSSR count). The Morgan fingerprint density at radius 2 is 1.81 bits per heavy atom. The summed E-state index contributed by atoms with van der Waals surface area (Å²) in [5, 5.41) is 8.38. The second kappa shape index (κ2) is 6.96. The molecule has 5 nitrogen and oxygen atoms in total. The quantitative estimate of drug-likeness (QED) is 0.447. The minimum Gasteiger partial charge on any atom is -0.480 e. The Bertz CT molecular complexity index is 1330. The molecule has 7 heteroatoms. The number of hydrogen-bond acceptors (Lipinski definition) is 4. The van der Waals surface area contributed by atoms with Gasteiger partial charge in [-0.3, -0.25) is 0 Å². The predicted octanol–water partition coefficient (Wildman–Crippen LogP) is 5.63. The van der Waals surface area contributed by atoms with Crippen LogP contribution in [0.1, 0.15) is 28.8 Å². The van der Waals surface area contributed by atoms with Gasteiger partial charge < -0.3 is 10.1 Å². The van der Waals surface area contributed by atoms with Gasteiger partial charge in [-0.1, -0.05) is 60.1 Å². The normalized spacial score (nSPS) is 19.0. The highest BCUT2D eigenvalue weighted by molar-refractivity contribution is 6.30. The summed E-state index contributed by atoms with van der Waals surface area (Å²) in [5.41, 5.74) is 3.93. The van der Waals surface area contributed by atoms with Crippen LogP contribution in [0.2, 0.25) is 5.02 Å². The monoisotopic (exact) mass is 430 g/mol. The summed E-state index contributed by atoms with van der Waals surface area (Å²) >= 11 is 6.32. The Morgan fingerprint density at radius 1 is 1.00 bits per heavy atom. The van der Waals surface area contributed by atoms with E-state index in [1.54, 1.807) is 22.9 Å². The number of halogens is 2. The standard InChI is InChI=1S/C24H16ClFN4O/c25-15-10-11-19-17(12-15)21-20(23(31-19)14-6-2-1-3-7-14)22(16-8-4-5-9-18(16)26)30-24(29-21)27-13-28-30/h1-13,22-23H,(H,27,28,29)/t22-,23+/m0/s1. The zero-order chi connectivity index (χ0) is 20.9. The zero-order valence-corrected chi connectivity index (χ0v) is 16.9. The minimum atomic E-state index is -0.535. The van der Waals surface area contributed by atoms with Gasteiger partial charge in [0.05, 0.1) is 5.70 Å². The first-order valence-corrected chi connectivity index (χ1v) is 10.2. The van der Waals surface area contributed by atoms with Crippen molar-refractivity contribution in [1.29, 1.82) is 0 Å². The lowest BCUT2D eigenvalue weighted by Crippen LogP contribution is -2.32. The van der Waals surface area contributed by atoms with E-state index in [1.807, 2.05) is 48.5 Å². The Hall–Kier alpha value is -3.64. The number of anilines is 1. The molecule has 152 valence electrons. The van der Waals surface area contributed by atoms with Crippen molar-refractivity contribution in [2.75, 3.05) is 5.32 Å². The van der Waals surface area contributed by atoms with Gasteiger partial charge in [0.15, 0.2) is 0 Å². The predicted molar refractivity (Wildman–Crippen MR) is 116 cm³/mol. The van der Waals surface area contributed by atoms with Crippen LogP contribution in [-0.2, 0) is 0 Å². The van der Waals surface area contributed by atoms with Crippen molar-refractivity contribution in [3.8, 4) is 5.75 Å². The second-order valence-corrected chi connectivity index (χ2v) is 7.89. The van der Waals surface area contributed by atoms with Crippen LogP contribution in [0.4, 0.5) is 10.3 Å². The number of nitrogens with one attached hydrogen (secondary N) is 1. The number of fused-ring (bicyclic) bond motifs is 3. The fourth-order valence-corrected chi connectivity index (χ4v) is 4.51. The van der Waals surface area contributed by atoms with E-state index >= 15 is 4.39 Å². The van der Waals surface area contributed by atoms with E-state index in [4.69, 9.17) is 16.3 Å². The summed E-state index contributed by atoms with van der Waals surface area (Å²) in [4.78, 5) is 4.36. The first kappa shape index (κ1) is 18.2. The topological polar surface area (TPSA) is 52.0 Å². The molecule has 4 aromatic rings. The fraction of sp³-hybridized carbons (Fsp3) is 0.0833. The lowest BCUT2D eigenvalue weighted by atomic mass is 9.84. The van der Waals surface area contributed by atoms with E-state index in [9.17, 15) is 0 Å². The number of ether oxygens (including phenoxy) is 1. The Kier molecular flexibility index (Phi) is 4.07. The van der Waals surface area contributed by atoms with Crippen molar-refractivity contribution in [2.24, 2.45) is 0 Å². The largest absolute Gasteiger partial charge is 0.480 e. The maximum absolute atomic E-state index is 15.1. The molecule has 0 spiro atoms. The van der Waals surface area contributed by atoms with E-state index in [2.05, 4.69) is 15.4 Å². The van der Waals surface area contributed by atoms with Gasteiger partial charge >= 0.3 is 0 Å². The minimum absolute atomic E-state index is 0.314. The van der Waals surface area contributed by atoms with E-state index in [-0.39, 0.29) is 5.82 Å². The van der Waals surface area contributed by atoms with E-state index in [0.717, 1.165) is 22.4 Å². The first-order valence-electron chi connectivity index (χ1n) is 9.87. The van der Waals surface area contributed by atoms with Gasteiger partial charge in [-0.2, -0.15) is 10.1 Å². The van der Waals surface area contributed by atoms with Crippen LogP contribution < -0.4 is 10.1 Å². The van der Waals surface area contributed by atoms with Gasteiger partial charge in [0.25, 0.3) is 0 Å². The molecule has 0 amide bonds. The van der Waals surface area contributed by atoms with Crippen molar-refractivity contribution >= 4 is 23.2 Å². The van der Waals surface area contributed by atoms with Crippen molar-refractivity contribution in [2.45, 2.75) is 12.1 Å². The molecular formula is C24H16ClFN4O. The highest BCUT2D eigenvalue weighted by Crippen LogP contribution is 2.51. The van der Waals surface area contributed by atoms with Crippen LogP contribution >= 0.6 is 11.6 Å². The SMILES string of the molecule is Fc1ccccc1[C@H]1C2=C(Nc3ncnn31)c1cc(Cl)ccc1O[C@@H]2c1ccccc1. The Balaban J connectivity index is 1.67. The number of nitrogens with zero attached hydrogens (tertiary/aromatic N) is 3. The molecule has 0 unspecified atom stereocenters. The third kappa shape index (κ3) is 2.83. The summed E-state index contributed by atoms with van der Waals surface area (Å²) in [6.45, 7) is 0. The van der Waals surface area contributed by atoms with Gasteiger partial charge in [0.1, 0.15) is 30.0 Å². The fourth-order valence-electron chi connectivity index (χ4n) is 4.34. The summed E-state index contributed by atoms with van der Waals surface area (Å²) < 4.78 is 23.2. The molecule has 0 bridgehead atoms. The molecule has 2 aliphatic rings. The van der Waals surface area contributed by atoms with Crippen LogP contribution in [0.15, 0.2) is 84.7 Å². The van der Waals surface area contributed by atoms with Gasteiger partial charge in [0, 0.05) is 21.7 Å². The summed E-state index contributed by atoms with van der Waals surface area (Å²) in [7, 11) is 0.